The number of rotatable bonds is 2. The van der Waals surface area contributed by atoms with Gasteiger partial charge in [0.05, 0.1) is 52.4 Å². The summed E-state index contributed by atoms with van der Waals surface area (Å²) in [5.74, 6) is 0. The molecule has 1 aliphatic heterocycles. The molecular weight excluding hydrogens is 220 g/mol. The second-order valence-electron chi connectivity index (χ2n) is 3.58. The smallest absolute Gasteiger partial charge is 0.0809 e. The molecule has 4 nitrogen and oxygen atoms in total. The van der Waals surface area contributed by atoms with Gasteiger partial charge in [-0.2, -0.15) is 0 Å². The van der Waals surface area contributed by atoms with Crippen LogP contribution < -0.4 is 0 Å². The van der Waals surface area contributed by atoms with Crippen molar-refractivity contribution < 1.29 is 18.9 Å². The molecule has 106 valence electrons. The Kier molecular flexibility index (Phi) is 15.7. The minimum absolute atomic E-state index is 0. The van der Waals surface area contributed by atoms with Crippen LogP contribution in [0.5, 0.6) is 0 Å². The largest absolute Gasteiger partial charge is 0.377 e. The van der Waals surface area contributed by atoms with Crippen LogP contribution in [0.3, 0.4) is 0 Å². The summed E-state index contributed by atoms with van der Waals surface area (Å²) in [5, 5.41) is 0. The van der Waals surface area contributed by atoms with E-state index in [1.54, 1.807) is 0 Å². The molecule has 1 heterocycles. The molecule has 0 N–H and O–H groups in total. The van der Waals surface area contributed by atoms with E-state index >= 15 is 0 Å². The van der Waals surface area contributed by atoms with E-state index in [9.17, 15) is 0 Å². The molecule has 1 saturated heterocycles. The van der Waals surface area contributed by atoms with Gasteiger partial charge in [0.2, 0.25) is 0 Å². The van der Waals surface area contributed by atoms with E-state index in [2.05, 4.69) is 6.92 Å². The van der Waals surface area contributed by atoms with Crippen LogP contribution in [0.25, 0.3) is 0 Å². The second-order valence-corrected chi connectivity index (χ2v) is 3.58. The molecule has 0 aliphatic carbocycles. The van der Waals surface area contributed by atoms with Crippen molar-refractivity contribution in [3.05, 3.63) is 0 Å². The predicted molar refractivity (Wildman–Crippen MR) is 70.6 cm³/mol. The Balaban J connectivity index is 0. The summed E-state index contributed by atoms with van der Waals surface area (Å²) in [7, 11) is 0. The quantitative estimate of drug-likeness (QED) is 0.754. The molecule has 1 rings (SSSR count). The zero-order valence-corrected chi connectivity index (χ0v) is 9.57. The van der Waals surface area contributed by atoms with Crippen LogP contribution in [0, 0.1) is 0 Å². The highest BCUT2D eigenvalue weighted by atomic mass is 16.6. The van der Waals surface area contributed by atoms with Gasteiger partial charge >= 0.3 is 0 Å². The van der Waals surface area contributed by atoms with Gasteiger partial charge in [0.25, 0.3) is 0 Å². The zero-order chi connectivity index (χ0) is 10.8. The number of hydrogen-bond acceptors (Lipinski definition) is 4. The topological polar surface area (TPSA) is 36.9 Å². The van der Waals surface area contributed by atoms with Gasteiger partial charge in [-0.05, 0) is 6.42 Å². The normalized spacial score (nSPS) is 23.5. The number of ether oxygens (including phenoxy) is 4. The molecule has 1 atom stereocenters. The summed E-state index contributed by atoms with van der Waals surface area (Å²) in [6, 6.07) is 0. The van der Waals surface area contributed by atoms with Gasteiger partial charge < -0.3 is 18.9 Å². The summed E-state index contributed by atoms with van der Waals surface area (Å²) in [5.41, 5.74) is 0. The molecule has 1 unspecified atom stereocenters. The first kappa shape index (κ1) is 19.2. The van der Waals surface area contributed by atoms with Crippen molar-refractivity contribution >= 4 is 0 Å². The average Bonchev–Trinajstić information content (AvgIpc) is 2.22. The van der Waals surface area contributed by atoms with Gasteiger partial charge in [-0.1, -0.05) is 28.2 Å². The van der Waals surface area contributed by atoms with Crippen LogP contribution >= 0.6 is 0 Å². The van der Waals surface area contributed by atoms with Crippen LogP contribution in [0.2, 0.25) is 0 Å². The monoisotopic (exact) mass is 250 g/mol. The van der Waals surface area contributed by atoms with Crippen LogP contribution in [0.15, 0.2) is 0 Å². The first-order chi connectivity index (χ1) is 7.43. The molecule has 0 saturated carbocycles. The molecule has 1 fully saturated rings. The molecule has 0 bridgehead atoms. The van der Waals surface area contributed by atoms with Crippen LogP contribution in [0.4, 0.5) is 0 Å². The Hall–Kier alpha value is -0.160. The molecule has 0 aromatic rings. The van der Waals surface area contributed by atoms with Crippen molar-refractivity contribution in [1.82, 2.24) is 0 Å². The first-order valence-corrected chi connectivity index (χ1v) is 5.78. The van der Waals surface area contributed by atoms with E-state index in [1.807, 2.05) is 0 Å². The summed E-state index contributed by atoms with van der Waals surface area (Å²) < 4.78 is 21.8. The maximum atomic E-state index is 5.66. The first-order valence-electron chi connectivity index (χ1n) is 5.78. The Morgan fingerprint density at radius 2 is 1.35 bits per heavy atom. The predicted octanol–water partition coefficient (Wildman–Crippen LogP) is 2.51. The van der Waals surface area contributed by atoms with E-state index in [1.165, 1.54) is 0 Å². The van der Waals surface area contributed by atoms with Crippen molar-refractivity contribution in [2.45, 2.75) is 40.7 Å². The van der Waals surface area contributed by atoms with Gasteiger partial charge in [-0.15, -0.1) is 0 Å². The van der Waals surface area contributed by atoms with Gasteiger partial charge in [0.15, 0.2) is 0 Å². The molecule has 0 amide bonds. The lowest BCUT2D eigenvalue weighted by Crippen LogP contribution is -2.24. The second kappa shape index (κ2) is 13.9. The lowest BCUT2D eigenvalue weighted by Gasteiger charge is -2.18. The highest BCUT2D eigenvalue weighted by Gasteiger charge is 2.08. The molecule has 0 radical (unpaired) electrons. The van der Waals surface area contributed by atoms with E-state index < -0.39 is 0 Å². The summed E-state index contributed by atoms with van der Waals surface area (Å²) in [4.78, 5) is 0. The van der Waals surface area contributed by atoms with Crippen molar-refractivity contribution in [1.29, 1.82) is 0 Å². The summed E-state index contributed by atoms with van der Waals surface area (Å²) >= 11 is 0. The molecule has 0 aromatic heterocycles. The van der Waals surface area contributed by atoms with E-state index in [4.69, 9.17) is 18.9 Å². The van der Waals surface area contributed by atoms with Crippen molar-refractivity contribution in [3.8, 4) is 0 Å². The molecule has 0 spiro atoms. The third kappa shape index (κ3) is 10.7. The van der Waals surface area contributed by atoms with Crippen LogP contribution in [0.1, 0.15) is 34.6 Å². The van der Waals surface area contributed by atoms with E-state index in [0.29, 0.717) is 46.2 Å². The van der Waals surface area contributed by atoms with E-state index in [0.717, 1.165) is 12.8 Å². The van der Waals surface area contributed by atoms with Gasteiger partial charge in [-0.25, -0.2) is 0 Å². The Labute approximate surface area is 107 Å². The highest BCUT2D eigenvalue weighted by Crippen LogP contribution is 2.03. The highest BCUT2D eigenvalue weighted by molar-refractivity contribution is 4.56. The fourth-order valence-corrected chi connectivity index (χ4v) is 1.47. The summed E-state index contributed by atoms with van der Waals surface area (Å²) in [6.07, 6.45) is 2.37. The lowest BCUT2D eigenvalue weighted by atomic mass is 10.2. The number of hydrogen-bond donors (Lipinski definition) is 0. The Morgan fingerprint density at radius 3 is 1.94 bits per heavy atom. The standard InChI is InChI=1S/C11H22O4.2CH4/c1-2-3-11-10-14-7-6-12-4-5-13-8-9-15-11;;/h11H,2-10H2,1H3;2*1H4. The summed E-state index contributed by atoms with van der Waals surface area (Å²) in [6.45, 7) is 6.67. The molecule has 17 heavy (non-hydrogen) atoms. The minimum atomic E-state index is 0. The average molecular weight is 250 g/mol. The van der Waals surface area contributed by atoms with Crippen molar-refractivity contribution in [2.75, 3.05) is 46.2 Å². The Morgan fingerprint density at radius 1 is 0.824 bits per heavy atom. The lowest BCUT2D eigenvalue weighted by molar-refractivity contribution is -0.0686. The van der Waals surface area contributed by atoms with Crippen molar-refractivity contribution in [3.63, 3.8) is 0 Å². The van der Waals surface area contributed by atoms with Crippen LogP contribution in [-0.2, 0) is 18.9 Å². The van der Waals surface area contributed by atoms with Crippen LogP contribution in [-0.4, -0.2) is 52.4 Å². The zero-order valence-electron chi connectivity index (χ0n) is 9.57. The molecule has 0 aromatic carbocycles. The fourth-order valence-electron chi connectivity index (χ4n) is 1.47. The van der Waals surface area contributed by atoms with Crippen molar-refractivity contribution in [2.24, 2.45) is 0 Å². The molecule has 4 heteroatoms. The minimum Gasteiger partial charge on any atom is -0.377 e. The maximum Gasteiger partial charge on any atom is 0.0809 e. The Bertz CT molecular complexity index is 129. The van der Waals surface area contributed by atoms with Gasteiger partial charge in [0, 0.05) is 0 Å². The van der Waals surface area contributed by atoms with Gasteiger partial charge in [-0.3, -0.25) is 0 Å². The SMILES string of the molecule is C.C.CCCC1COCCOCCOCCO1. The molecular formula is C13H30O4. The fraction of sp³-hybridized carbons (Fsp3) is 1.00. The van der Waals surface area contributed by atoms with E-state index in [-0.39, 0.29) is 21.0 Å². The molecule has 1 aliphatic rings. The third-order valence-electron chi connectivity index (χ3n) is 2.24. The van der Waals surface area contributed by atoms with Gasteiger partial charge in [0.1, 0.15) is 0 Å². The third-order valence-corrected chi connectivity index (χ3v) is 2.24. The maximum absolute atomic E-state index is 5.66.